The van der Waals surface area contributed by atoms with E-state index >= 15 is 0 Å². The number of hydrogen-bond donors (Lipinski definition) is 1. The molecule has 0 radical (unpaired) electrons. The number of rotatable bonds is 6. The monoisotopic (exact) mass is 392 g/mol. The van der Waals surface area contributed by atoms with Gasteiger partial charge in [-0.25, -0.2) is 0 Å². The van der Waals surface area contributed by atoms with Gasteiger partial charge in [-0.05, 0) is 37.1 Å². The second kappa shape index (κ2) is 8.11. The number of halogens is 4. The van der Waals surface area contributed by atoms with Crippen molar-refractivity contribution < 1.29 is 22.7 Å². The van der Waals surface area contributed by atoms with Gasteiger partial charge < -0.3 is 5.11 Å². The zero-order chi connectivity index (χ0) is 21.0. The zero-order valence-electron chi connectivity index (χ0n) is 15.5. The molecule has 0 aliphatic heterocycles. The Morgan fingerprint density at radius 1 is 1.11 bits per heavy atom. The van der Waals surface area contributed by atoms with E-state index in [0.717, 1.165) is 18.3 Å². The van der Waals surface area contributed by atoms with Gasteiger partial charge in [0.05, 0.1) is 35.2 Å². The number of alkyl halides is 4. The summed E-state index contributed by atoms with van der Waals surface area (Å²) in [4.78, 5) is 3.93. The van der Waals surface area contributed by atoms with Crippen LogP contribution in [0.5, 0.6) is 0 Å². The van der Waals surface area contributed by atoms with Crippen LogP contribution in [0.1, 0.15) is 37.0 Å². The van der Waals surface area contributed by atoms with Crippen molar-refractivity contribution in [3.05, 3.63) is 65.2 Å². The largest absolute Gasteiger partial charge is 0.417 e. The summed E-state index contributed by atoms with van der Waals surface area (Å²) in [5.41, 5.74) is -3.52. The first kappa shape index (κ1) is 21.6. The zero-order valence-corrected chi connectivity index (χ0v) is 15.5. The Labute approximate surface area is 161 Å². The van der Waals surface area contributed by atoms with Gasteiger partial charge in [-0.15, -0.1) is 0 Å². The van der Waals surface area contributed by atoms with Gasteiger partial charge in [-0.2, -0.15) is 18.4 Å². The quantitative estimate of drug-likeness (QED) is 0.532. The van der Waals surface area contributed by atoms with Crippen molar-refractivity contribution in [2.45, 2.75) is 37.5 Å². The molecule has 0 aliphatic rings. The smallest absolute Gasteiger partial charge is 0.384 e. The number of benzene rings is 2. The highest BCUT2D eigenvalue weighted by molar-refractivity contribution is 5.72. The number of nitriles is 1. The molecule has 2 aromatic carbocycles. The number of aliphatic hydroxyl groups is 1. The maximum atomic E-state index is 13.8. The Morgan fingerprint density at radius 3 is 2.29 bits per heavy atom. The van der Waals surface area contributed by atoms with Crippen molar-refractivity contribution in [3.63, 3.8) is 0 Å². The van der Waals surface area contributed by atoms with Gasteiger partial charge in [0.15, 0.2) is 0 Å². The third-order valence-electron chi connectivity index (χ3n) is 4.43. The second-order valence-corrected chi connectivity index (χ2v) is 7.19. The molecule has 2 aromatic rings. The van der Waals surface area contributed by atoms with E-state index in [0.29, 0.717) is 5.56 Å². The predicted octanol–water partition coefficient (Wildman–Crippen LogP) is 5.35. The number of aliphatic imine (C=N–C) groups is 1. The van der Waals surface area contributed by atoms with Gasteiger partial charge >= 0.3 is 6.18 Å². The van der Waals surface area contributed by atoms with E-state index in [4.69, 9.17) is 5.26 Å². The molecule has 1 N–H and O–H groups in total. The first-order valence-electron chi connectivity index (χ1n) is 8.51. The molecule has 0 aliphatic carbocycles. The molecule has 0 bridgehead atoms. The lowest BCUT2D eigenvalue weighted by atomic mass is 9.75. The average Bonchev–Trinajstić information content (AvgIpc) is 2.66. The Morgan fingerprint density at radius 2 is 1.75 bits per heavy atom. The molecule has 7 heteroatoms. The van der Waals surface area contributed by atoms with Crippen LogP contribution in [-0.4, -0.2) is 23.6 Å². The van der Waals surface area contributed by atoms with Crippen LogP contribution in [0.15, 0.2) is 53.5 Å². The molecule has 0 saturated heterocycles. The minimum atomic E-state index is -4.70. The molecule has 2 atom stereocenters. The van der Waals surface area contributed by atoms with Gasteiger partial charge in [0.25, 0.3) is 0 Å². The molecule has 3 nitrogen and oxygen atoms in total. The van der Waals surface area contributed by atoms with E-state index in [1.807, 2.05) is 0 Å². The Balaban J connectivity index is 2.29. The SMILES string of the molecule is CC(O)(C=Nc1ccc(C#N)c(C(F)(F)F)c1)CC(C)(CF)c1ccccc1. The van der Waals surface area contributed by atoms with Crippen molar-refractivity contribution in [2.24, 2.45) is 4.99 Å². The predicted molar refractivity (Wildman–Crippen MR) is 99.3 cm³/mol. The highest BCUT2D eigenvalue weighted by Gasteiger charge is 2.36. The lowest BCUT2D eigenvalue weighted by Crippen LogP contribution is -2.38. The van der Waals surface area contributed by atoms with E-state index in [1.54, 1.807) is 37.3 Å². The lowest BCUT2D eigenvalue weighted by molar-refractivity contribution is -0.137. The van der Waals surface area contributed by atoms with Gasteiger partial charge in [0, 0.05) is 11.6 Å². The summed E-state index contributed by atoms with van der Waals surface area (Å²) in [5, 5.41) is 19.5. The van der Waals surface area contributed by atoms with E-state index in [1.165, 1.54) is 19.1 Å². The fraction of sp³-hybridized carbons (Fsp3) is 0.333. The summed E-state index contributed by atoms with van der Waals surface area (Å²) in [6.07, 6.45) is -3.61. The molecule has 0 amide bonds. The standard InChI is InChI=1S/C21H20F4N2O/c1-19(13-22,16-6-4-3-5-7-16)12-20(2,28)14-27-17-9-8-15(11-26)18(10-17)21(23,24)25/h3-10,14,28H,12-13H2,1-2H3. The Bertz CT molecular complexity index is 886. The summed E-state index contributed by atoms with van der Waals surface area (Å²) in [6.45, 7) is 2.35. The third kappa shape index (κ3) is 5.17. The highest BCUT2D eigenvalue weighted by Crippen LogP contribution is 2.35. The topological polar surface area (TPSA) is 56.4 Å². The maximum absolute atomic E-state index is 13.8. The molecule has 0 heterocycles. The number of hydrogen-bond acceptors (Lipinski definition) is 3. The fourth-order valence-electron chi connectivity index (χ4n) is 3.06. The van der Waals surface area contributed by atoms with Gasteiger partial charge in [0.2, 0.25) is 0 Å². The van der Waals surface area contributed by atoms with Crippen molar-refractivity contribution in [1.29, 1.82) is 5.26 Å². The Hall–Kier alpha value is -2.72. The molecule has 2 rings (SSSR count). The van der Waals surface area contributed by atoms with Crippen molar-refractivity contribution in [2.75, 3.05) is 6.67 Å². The summed E-state index contributed by atoms with van der Waals surface area (Å²) in [5.74, 6) is 0. The molecular formula is C21H20F4N2O. The van der Waals surface area contributed by atoms with E-state index in [-0.39, 0.29) is 12.1 Å². The normalized spacial score (nSPS) is 16.4. The van der Waals surface area contributed by atoms with Gasteiger partial charge in [-0.3, -0.25) is 9.38 Å². The van der Waals surface area contributed by atoms with Crippen LogP contribution < -0.4 is 0 Å². The van der Waals surface area contributed by atoms with E-state index in [2.05, 4.69) is 4.99 Å². The third-order valence-corrected chi connectivity index (χ3v) is 4.43. The van der Waals surface area contributed by atoms with Crippen LogP contribution in [0.2, 0.25) is 0 Å². The van der Waals surface area contributed by atoms with Crippen LogP contribution in [0.3, 0.4) is 0 Å². The summed E-state index contributed by atoms with van der Waals surface area (Å²) in [6, 6.07) is 13.4. The molecule has 0 fully saturated rings. The molecule has 0 spiro atoms. The second-order valence-electron chi connectivity index (χ2n) is 7.19. The molecule has 0 aromatic heterocycles. The lowest BCUT2D eigenvalue weighted by Gasteiger charge is -2.33. The van der Waals surface area contributed by atoms with Crippen LogP contribution in [0.25, 0.3) is 0 Å². The first-order chi connectivity index (χ1) is 13.0. The summed E-state index contributed by atoms with van der Waals surface area (Å²) >= 11 is 0. The van der Waals surface area contributed by atoms with Crippen LogP contribution in [0, 0.1) is 11.3 Å². The van der Waals surface area contributed by atoms with Crippen molar-refractivity contribution >= 4 is 11.9 Å². The fourth-order valence-corrected chi connectivity index (χ4v) is 3.06. The van der Waals surface area contributed by atoms with Gasteiger partial charge in [0.1, 0.15) is 0 Å². The minimum absolute atomic E-state index is 0.0214. The first-order valence-corrected chi connectivity index (χ1v) is 8.51. The summed E-state index contributed by atoms with van der Waals surface area (Å²) in [7, 11) is 0. The molecule has 148 valence electrons. The Kier molecular flexibility index (Phi) is 6.25. The molecule has 0 saturated carbocycles. The molecular weight excluding hydrogens is 372 g/mol. The van der Waals surface area contributed by atoms with Crippen molar-refractivity contribution in [3.8, 4) is 6.07 Å². The molecule has 2 unspecified atom stereocenters. The van der Waals surface area contributed by atoms with Crippen LogP contribution in [0.4, 0.5) is 23.2 Å². The number of nitrogens with zero attached hydrogens (tertiary/aromatic N) is 2. The average molecular weight is 392 g/mol. The minimum Gasteiger partial charge on any atom is -0.384 e. The van der Waals surface area contributed by atoms with Crippen molar-refractivity contribution in [1.82, 2.24) is 0 Å². The van der Waals surface area contributed by atoms with E-state index in [9.17, 15) is 22.7 Å². The highest BCUT2D eigenvalue weighted by atomic mass is 19.4. The van der Waals surface area contributed by atoms with Crippen LogP contribution in [-0.2, 0) is 11.6 Å². The van der Waals surface area contributed by atoms with E-state index < -0.39 is 35.0 Å². The van der Waals surface area contributed by atoms with Crippen LogP contribution >= 0.6 is 0 Å². The maximum Gasteiger partial charge on any atom is 0.417 e. The van der Waals surface area contributed by atoms with Gasteiger partial charge in [-0.1, -0.05) is 37.3 Å². The summed E-state index contributed by atoms with van der Waals surface area (Å²) < 4.78 is 52.9. The molecule has 28 heavy (non-hydrogen) atoms.